The molecule has 2 aliphatic rings. The first-order valence-electron chi connectivity index (χ1n) is 10.1. The number of amides is 2. The van der Waals surface area contributed by atoms with Gasteiger partial charge in [-0.2, -0.15) is 0 Å². The number of anilines is 1. The number of hydrogen-bond donors (Lipinski definition) is 1. The minimum absolute atomic E-state index is 0.123. The van der Waals surface area contributed by atoms with Crippen LogP contribution in [0.3, 0.4) is 0 Å². The summed E-state index contributed by atoms with van der Waals surface area (Å²) in [6.07, 6.45) is 4.38. The molecule has 2 amide bonds. The van der Waals surface area contributed by atoms with Gasteiger partial charge in [0.15, 0.2) is 6.61 Å². The van der Waals surface area contributed by atoms with Gasteiger partial charge in [-0.1, -0.05) is 43.2 Å². The van der Waals surface area contributed by atoms with Gasteiger partial charge in [0.25, 0.3) is 11.6 Å². The summed E-state index contributed by atoms with van der Waals surface area (Å²) >= 11 is 0. The molecule has 1 atom stereocenters. The van der Waals surface area contributed by atoms with E-state index in [0.717, 1.165) is 31.2 Å². The van der Waals surface area contributed by atoms with Crippen molar-refractivity contribution in [2.45, 2.75) is 31.7 Å². The fourth-order valence-electron chi connectivity index (χ4n) is 4.26. The number of hydrogen-bond acceptors (Lipinski definition) is 5. The number of nitro groups is 1. The highest BCUT2D eigenvalue weighted by atomic mass is 16.6. The lowest BCUT2D eigenvalue weighted by atomic mass is 9.91. The molecule has 156 valence electrons. The van der Waals surface area contributed by atoms with Crippen molar-refractivity contribution < 1.29 is 19.2 Å². The van der Waals surface area contributed by atoms with Crippen LogP contribution in [0.2, 0.25) is 0 Å². The molecule has 1 fully saturated rings. The van der Waals surface area contributed by atoms with Crippen LogP contribution in [0.15, 0.2) is 48.5 Å². The molecular weight excluding hydrogens is 386 g/mol. The number of non-ortho nitro benzene ring substituents is 1. The fourth-order valence-corrected chi connectivity index (χ4v) is 4.26. The molecule has 1 aliphatic carbocycles. The van der Waals surface area contributed by atoms with E-state index in [1.54, 1.807) is 0 Å². The zero-order valence-electron chi connectivity index (χ0n) is 16.5. The highest BCUT2D eigenvalue weighted by Gasteiger charge is 2.32. The molecule has 2 aromatic carbocycles. The number of nitrogens with zero attached hydrogens (tertiary/aromatic N) is 2. The minimum atomic E-state index is -0.539. The summed E-state index contributed by atoms with van der Waals surface area (Å²) < 4.78 is 5.37. The zero-order chi connectivity index (χ0) is 21.1. The van der Waals surface area contributed by atoms with Crippen LogP contribution in [0.5, 0.6) is 5.75 Å². The molecule has 1 heterocycles. The highest BCUT2D eigenvalue weighted by Crippen LogP contribution is 2.37. The van der Waals surface area contributed by atoms with E-state index in [2.05, 4.69) is 5.32 Å². The van der Waals surface area contributed by atoms with Crippen LogP contribution in [0, 0.1) is 16.0 Å². The number of nitro benzene ring substituents is 1. The molecule has 4 rings (SSSR count). The molecule has 1 aliphatic heterocycles. The number of fused-ring (bicyclic) bond motifs is 1. The summed E-state index contributed by atoms with van der Waals surface area (Å²) in [5.74, 6) is -0.00717. The number of carbonyl (C=O) groups is 2. The van der Waals surface area contributed by atoms with Crippen molar-refractivity contribution in [1.82, 2.24) is 5.32 Å². The highest BCUT2D eigenvalue weighted by molar-refractivity contribution is 6.02. The van der Waals surface area contributed by atoms with Crippen molar-refractivity contribution in [1.29, 1.82) is 0 Å². The molecule has 0 bridgehead atoms. The first-order valence-corrected chi connectivity index (χ1v) is 10.1. The Morgan fingerprint density at radius 1 is 1.20 bits per heavy atom. The lowest BCUT2D eigenvalue weighted by Gasteiger charge is -2.30. The topological polar surface area (TPSA) is 102 Å². The summed E-state index contributed by atoms with van der Waals surface area (Å²) in [6, 6.07) is 13.8. The van der Waals surface area contributed by atoms with Gasteiger partial charge in [0.2, 0.25) is 5.91 Å². The van der Waals surface area contributed by atoms with Crippen LogP contribution < -0.4 is 15.0 Å². The van der Waals surface area contributed by atoms with Crippen molar-refractivity contribution in [3.05, 3.63) is 64.2 Å². The third-order valence-corrected chi connectivity index (χ3v) is 5.74. The second-order valence-corrected chi connectivity index (χ2v) is 7.68. The van der Waals surface area contributed by atoms with Gasteiger partial charge in [-0.15, -0.1) is 0 Å². The predicted octanol–water partition coefficient (Wildman–Crippen LogP) is 3.37. The van der Waals surface area contributed by atoms with Crippen LogP contribution in [-0.4, -0.2) is 29.9 Å². The molecule has 2 aromatic rings. The van der Waals surface area contributed by atoms with Crippen molar-refractivity contribution in [3.8, 4) is 5.75 Å². The Morgan fingerprint density at radius 2 is 1.93 bits per heavy atom. The van der Waals surface area contributed by atoms with Crippen molar-refractivity contribution >= 4 is 23.2 Å². The normalized spacial score (nSPS) is 17.2. The number of nitrogens with one attached hydrogen (secondary N) is 1. The molecule has 0 aromatic heterocycles. The van der Waals surface area contributed by atoms with Crippen molar-refractivity contribution in [2.24, 2.45) is 5.92 Å². The number of benzene rings is 2. The third-order valence-electron chi connectivity index (χ3n) is 5.74. The number of rotatable bonds is 6. The second-order valence-electron chi connectivity index (χ2n) is 7.68. The largest absolute Gasteiger partial charge is 0.482 e. The molecule has 8 heteroatoms. The van der Waals surface area contributed by atoms with Gasteiger partial charge in [0, 0.05) is 12.1 Å². The molecule has 1 unspecified atom stereocenters. The van der Waals surface area contributed by atoms with E-state index in [0.29, 0.717) is 11.7 Å². The summed E-state index contributed by atoms with van der Waals surface area (Å²) in [7, 11) is 0. The standard InChI is InChI=1S/C22H23N3O5/c26-20(23-22(16-8-4-5-9-16)15-6-2-1-3-7-15)13-24-18-12-17(25(28)29)10-11-19(18)30-14-21(24)27/h1-3,6-7,10-12,16,22H,4-5,8-9,13-14H2,(H,23,26). The van der Waals surface area contributed by atoms with Crippen LogP contribution in [0.4, 0.5) is 11.4 Å². The molecule has 30 heavy (non-hydrogen) atoms. The van der Waals surface area contributed by atoms with Gasteiger partial charge in [0.1, 0.15) is 12.3 Å². The van der Waals surface area contributed by atoms with E-state index in [9.17, 15) is 19.7 Å². The first-order chi connectivity index (χ1) is 14.5. The summed E-state index contributed by atoms with van der Waals surface area (Å²) in [5, 5.41) is 14.2. The monoisotopic (exact) mass is 409 g/mol. The van der Waals surface area contributed by atoms with Crippen LogP contribution in [0.25, 0.3) is 0 Å². The maximum atomic E-state index is 12.9. The number of carbonyl (C=O) groups excluding carboxylic acids is 2. The average Bonchev–Trinajstić information content (AvgIpc) is 3.29. The first kappa shape index (κ1) is 19.9. The predicted molar refractivity (Wildman–Crippen MR) is 110 cm³/mol. The van der Waals surface area contributed by atoms with Gasteiger partial charge in [-0.25, -0.2) is 0 Å². The van der Waals surface area contributed by atoms with E-state index in [-0.39, 0.29) is 36.5 Å². The maximum Gasteiger partial charge on any atom is 0.271 e. The Labute approximate surface area is 174 Å². The molecule has 8 nitrogen and oxygen atoms in total. The van der Waals surface area contributed by atoms with Gasteiger partial charge in [-0.05, 0) is 30.4 Å². The van der Waals surface area contributed by atoms with Crippen molar-refractivity contribution in [3.63, 3.8) is 0 Å². The third kappa shape index (κ3) is 4.12. The van der Waals surface area contributed by atoms with E-state index >= 15 is 0 Å². The molecule has 0 radical (unpaired) electrons. The number of ether oxygens (including phenoxy) is 1. The summed E-state index contributed by atoms with van der Waals surface area (Å²) in [4.78, 5) is 37.2. The van der Waals surface area contributed by atoms with Crippen LogP contribution in [-0.2, 0) is 9.59 Å². The SMILES string of the molecule is O=C(CN1C(=O)COc2ccc([N+](=O)[O-])cc21)NC(c1ccccc1)C1CCCC1. The smallest absolute Gasteiger partial charge is 0.271 e. The van der Waals surface area contributed by atoms with Gasteiger partial charge in [0.05, 0.1) is 16.7 Å². The van der Waals surface area contributed by atoms with E-state index in [4.69, 9.17) is 4.74 Å². The Hall–Kier alpha value is -3.42. The van der Waals surface area contributed by atoms with Gasteiger partial charge < -0.3 is 10.1 Å². The Kier molecular flexibility index (Phi) is 5.65. The molecule has 0 saturated heterocycles. The average molecular weight is 409 g/mol. The molecule has 0 spiro atoms. The quantitative estimate of drug-likeness (QED) is 0.582. The molecule has 1 saturated carbocycles. The summed E-state index contributed by atoms with van der Waals surface area (Å²) in [6.45, 7) is -0.421. The van der Waals surface area contributed by atoms with E-state index in [1.165, 1.54) is 23.1 Å². The van der Waals surface area contributed by atoms with E-state index in [1.807, 2.05) is 30.3 Å². The van der Waals surface area contributed by atoms with E-state index < -0.39 is 10.8 Å². The molecular formula is C22H23N3O5. The Bertz CT molecular complexity index is 957. The Balaban J connectivity index is 1.55. The summed E-state index contributed by atoms with van der Waals surface area (Å²) in [5.41, 5.74) is 1.13. The minimum Gasteiger partial charge on any atom is -0.482 e. The maximum absolute atomic E-state index is 12.9. The Morgan fingerprint density at radius 3 is 2.63 bits per heavy atom. The second kappa shape index (κ2) is 8.52. The lowest BCUT2D eigenvalue weighted by molar-refractivity contribution is -0.384. The van der Waals surface area contributed by atoms with Crippen LogP contribution >= 0.6 is 0 Å². The van der Waals surface area contributed by atoms with Gasteiger partial charge in [-0.3, -0.25) is 24.6 Å². The van der Waals surface area contributed by atoms with Gasteiger partial charge >= 0.3 is 0 Å². The van der Waals surface area contributed by atoms with Crippen molar-refractivity contribution in [2.75, 3.05) is 18.1 Å². The lowest BCUT2D eigenvalue weighted by Crippen LogP contribution is -2.46. The fraction of sp³-hybridized carbons (Fsp3) is 0.364. The van der Waals surface area contributed by atoms with Crippen LogP contribution in [0.1, 0.15) is 37.3 Å². The molecule has 1 N–H and O–H groups in total. The zero-order valence-corrected chi connectivity index (χ0v) is 16.5.